The molecule has 0 spiro atoms. The van der Waals surface area contributed by atoms with Crippen molar-refractivity contribution in [2.75, 3.05) is 18.1 Å². The summed E-state index contributed by atoms with van der Waals surface area (Å²) in [5, 5.41) is 0.634. The normalized spacial score (nSPS) is 10.3. The second-order valence-electron chi connectivity index (χ2n) is 2.94. The highest BCUT2D eigenvalue weighted by molar-refractivity contribution is 7.99. The van der Waals surface area contributed by atoms with Crippen LogP contribution in [0.2, 0.25) is 5.02 Å². The highest BCUT2D eigenvalue weighted by Gasteiger charge is 2.02. The van der Waals surface area contributed by atoms with Crippen molar-refractivity contribution < 1.29 is 4.74 Å². The lowest BCUT2D eigenvalue weighted by Gasteiger charge is -2.08. The van der Waals surface area contributed by atoms with Crippen LogP contribution in [0.1, 0.15) is 12.5 Å². The van der Waals surface area contributed by atoms with E-state index in [0.29, 0.717) is 17.5 Å². The van der Waals surface area contributed by atoms with Crippen molar-refractivity contribution in [3.05, 3.63) is 28.8 Å². The van der Waals surface area contributed by atoms with Crippen LogP contribution in [0.4, 0.5) is 0 Å². The molecular weight excluding hydrogens is 251 g/mol. The number of hydrogen-bond acceptors (Lipinski definition) is 2. The molecule has 0 aliphatic rings. The Morgan fingerprint density at radius 1 is 1.40 bits per heavy atom. The molecule has 1 nitrogen and oxygen atoms in total. The molecule has 0 saturated carbocycles. The maximum absolute atomic E-state index is 6.03. The van der Waals surface area contributed by atoms with E-state index in [-0.39, 0.29) is 0 Å². The highest BCUT2D eigenvalue weighted by atomic mass is 35.5. The Morgan fingerprint density at radius 3 is 2.80 bits per heavy atom. The first kappa shape index (κ1) is 13.0. The van der Waals surface area contributed by atoms with Crippen LogP contribution >= 0.6 is 35.0 Å². The summed E-state index contributed by atoms with van der Waals surface area (Å²) in [6, 6.07) is 5.65. The molecule has 0 aromatic heterocycles. The molecule has 1 rings (SSSR count). The van der Waals surface area contributed by atoms with Crippen molar-refractivity contribution in [2.24, 2.45) is 0 Å². The van der Waals surface area contributed by atoms with E-state index < -0.39 is 0 Å². The second-order valence-corrected chi connectivity index (χ2v) is 5.01. The van der Waals surface area contributed by atoms with E-state index in [2.05, 4.69) is 6.92 Å². The van der Waals surface area contributed by atoms with Crippen molar-refractivity contribution >= 4 is 35.0 Å². The average Bonchev–Trinajstić information content (AvgIpc) is 2.26. The van der Waals surface area contributed by atoms with Crippen LogP contribution in [0.5, 0.6) is 5.75 Å². The summed E-state index contributed by atoms with van der Waals surface area (Å²) in [5.41, 5.74) is 1.01. The summed E-state index contributed by atoms with van der Waals surface area (Å²) in [6.45, 7) is 2.82. The van der Waals surface area contributed by atoms with Gasteiger partial charge >= 0.3 is 0 Å². The molecule has 0 atom stereocenters. The lowest BCUT2D eigenvalue weighted by molar-refractivity contribution is 0.344. The third-order valence-electron chi connectivity index (χ3n) is 1.84. The average molecular weight is 265 g/mol. The first-order chi connectivity index (χ1) is 7.27. The summed E-state index contributed by atoms with van der Waals surface area (Å²) in [5.74, 6) is 3.32. The van der Waals surface area contributed by atoms with Gasteiger partial charge in [0.1, 0.15) is 5.75 Å². The Bertz CT molecular complexity index is 305. The molecule has 0 heterocycles. The molecule has 0 bridgehead atoms. The largest absolute Gasteiger partial charge is 0.491 e. The van der Waals surface area contributed by atoms with Gasteiger partial charge in [-0.25, -0.2) is 0 Å². The van der Waals surface area contributed by atoms with Gasteiger partial charge in [-0.05, 0) is 23.4 Å². The predicted octanol–water partition coefficient (Wildman–Crippen LogP) is 4.21. The zero-order chi connectivity index (χ0) is 11.1. The predicted molar refractivity (Wildman–Crippen MR) is 69.5 cm³/mol. The number of hydrogen-bond donors (Lipinski definition) is 0. The van der Waals surface area contributed by atoms with Crippen molar-refractivity contribution in [3.8, 4) is 5.75 Å². The summed E-state index contributed by atoms with van der Waals surface area (Å²) < 4.78 is 5.54. The molecule has 0 radical (unpaired) electrons. The summed E-state index contributed by atoms with van der Waals surface area (Å²) in [6.07, 6.45) is 0. The lowest BCUT2D eigenvalue weighted by atomic mass is 10.2. The number of benzene rings is 1. The van der Waals surface area contributed by atoms with Gasteiger partial charge in [-0.2, -0.15) is 11.8 Å². The number of rotatable bonds is 6. The molecule has 0 fully saturated rings. The fourth-order valence-electron chi connectivity index (χ4n) is 1.10. The summed E-state index contributed by atoms with van der Waals surface area (Å²) in [4.78, 5) is 0. The summed E-state index contributed by atoms with van der Waals surface area (Å²) >= 11 is 13.6. The maximum Gasteiger partial charge on any atom is 0.137 e. The highest BCUT2D eigenvalue weighted by Crippen LogP contribution is 2.26. The molecule has 1 aromatic carbocycles. The zero-order valence-corrected chi connectivity index (χ0v) is 11.0. The third kappa shape index (κ3) is 4.54. The Morgan fingerprint density at radius 2 is 2.20 bits per heavy atom. The van der Waals surface area contributed by atoms with Crippen molar-refractivity contribution in [1.29, 1.82) is 0 Å². The number of halogens is 2. The molecule has 0 amide bonds. The van der Waals surface area contributed by atoms with E-state index in [0.717, 1.165) is 22.8 Å². The van der Waals surface area contributed by atoms with Gasteiger partial charge in [0.2, 0.25) is 0 Å². The van der Waals surface area contributed by atoms with E-state index >= 15 is 0 Å². The topological polar surface area (TPSA) is 9.23 Å². The number of ether oxygens (including phenoxy) is 1. The Balaban J connectivity index is 2.47. The minimum atomic E-state index is 0.478. The molecule has 0 aliphatic heterocycles. The molecule has 1 aromatic rings. The standard InChI is InChI=1S/C11H14Cl2OS/c1-2-15-6-5-14-11-4-3-9(8-12)7-10(11)13/h3-4,7H,2,5-6,8H2,1H3. The zero-order valence-electron chi connectivity index (χ0n) is 8.63. The van der Waals surface area contributed by atoms with E-state index in [1.807, 2.05) is 30.0 Å². The SMILES string of the molecule is CCSCCOc1ccc(CCl)cc1Cl. The van der Waals surface area contributed by atoms with Crippen LogP contribution in [-0.4, -0.2) is 18.1 Å². The van der Waals surface area contributed by atoms with Crippen molar-refractivity contribution in [2.45, 2.75) is 12.8 Å². The van der Waals surface area contributed by atoms with Crippen LogP contribution in [0.15, 0.2) is 18.2 Å². The van der Waals surface area contributed by atoms with Gasteiger partial charge in [-0.3, -0.25) is 0 Å². The van der Waals surface area contributed by atoms with Gasteiger partial charge in [0.25, 0.3) is 0 Å². The Hall–Kier alpha value is -0.0500. The van der Waals surface area contributed by atoms with Gasteiger partial charge in [-0.15, -0.1) is 11.6 Å². The molecular formula is C11H14Cl2OS. The molecule has 0 saturated heterocycles. The fraction of sp³-hybridized carbons (Fsp3) is 0.455. The number of alkyl halides is 1. The minimum absolute atomic E-state index is 0.478. The van der Waals surface area contributed by atoms with Gasteiger partial charge in [-0.1, -0.05) is 24.6 Å². The molecule has 0 unspecified atom stereocenters. The third-order valence-corrected chi connectivity index (χ3v) is 3.31. The molecule has 15 heavy (non-hydrogen) atoms. The number of thioether (sulfide) groups is 1. The van der Waals surface area contributed by atoms with E-state index in [4.69, 9.17) is 27.9 Å². The van der Waals surface area contributed by atoms with Crippen molar-refractivity contribution in [3.63, 3.8) is 0 Å². The van der Waals surface area contributed by atoms with Crippen LogP contribution in [-0.2, 0) is 5.88 Å². The molecule has 0 aliphatic carbocycles. The van der Waals surface area contributed by atoms with Crippen LogP contribution in [0.3, 0.4) is 0 Å². The monoisotopic (exact) mass is 264 g/mol. The maximum atomic E-state index is 6.03. The van der Waals surface area contributed by atoms with Crippen molar-refractivity contribution in [1.82, 2.24) is 0 Å². The van der Waals surface area contributed by atoms with Crippen LogP contribution < -0.4 is 4.74 Å². The summed E-state index contributed by atoms with van der Waals surface area (Å²) in [7, 11) is 0. The Kier molecular flexibility index (Phi) is 6.30. The van der Waals surface area contributed by atoms with Gasteiger partial charge in [0.15, 0.2) is 0 Å². The molecule has 0 N–H and O–H groups in total. The van der Waals surface area contributed by atoms with Gasteiger partial charge in [0, 0.05) is 11.6 Å². The fourth-order valence-corrected chi connectivity index (χ4v) is 2.01. The van der Waals surface area contributed by atoms with E-state index in [1.165, 1.54) is 0 Å². The quantitative estimate of drug-likeness (QED) is 0.563. The van der Waals surface area contributed by atoms with Gasteiger partial charge in [0.05, 0.1) is 11.6 Å². The van der Waals surface area contributed by atoms with E-state index in [9.17, 15) is 0 Å². The molecule has 4 heteroatoms. The lowest BCUT2D eigenvalue weighted by Crippen LogP contribution is -2.00. The van der Waals surface area contributed by atoms with E-state index in [1.54, 1.807) is 0 Å². The van der Waals surface area contributed by atoms with Crippen LogP contribution in [0, 0.1) is 0 Å². The first-order valence-corrected chi connectivity index (χ1v) is 6.89. The van der Waals surface area contributed by atoms with Gasteiger partial charge < -0.3 is 4.74 Å². The second kappa shape index (κ2) is 7.26. The van der Waals surface area contributed by atoms with Crippen LogP contribution in [0.25, 0.3) is 0 Å². The molecule has 84 valence electrons. The smallest absolute Gasteiger partial charge is 0.137 e. The first-order valence-electron chi connectivity index (χ1n) is 4.83. The minimum Gasteiger partial charge on any atom is -0.491 e. The Labute approximate surface area is 105 Å².